The van der Waals surface area contributed by atoms with Gasteiger partial charge in [0.2, 0.25) is 0 Å². The molecule has 1 fully saturated rings. The average molecular weight is 463 g/mol. The van der Waals surface area contributed by atoms with Gasteiger partial charge in [-0.25, -0.2) is 0 Å². The maximum absolute atomic E-state index is 13.3. The van der Waals surface area contributed by atoms with Gasteiger partial charge in [-0.1, -0.05) is 35.3 Å². The molecule has 1 N–H and O–H groups in total. The Morgan fingerprint density at radius 3 is 2.32 bits per heavy atom. The Morgan fingerprint density at radius 1 is 1.10 bits per heavy atom. The van der Waals surface area contributed by atoms with E-state index in [0.29, 0.717) is 23.9 Å². The van der Waals surface area contributed by atoms with Gasteiger partial charge in [-0.05, 0) is 55.8 Å². The first-order valence-electron chi connectivity index (χ1n) is 9.83. The number of methoxy groups -OCH3 is 1. The van der Waals surface area contributed by atoms with Crippen molar-refractivity contribution >= 4 is 41.1 Å². The zero-order valence-electron chi connectivity index (χ0n) is 17.5. The predicted molar refractivity (Wildman–Crippen MR) is 121 cm³/mol. The largest absolute Gasteiger partial charge is 0.497 e. The Balaban J connectivity index is 1.92. The Labute approximate surface area is 191 Å². The number of hydrogen-bond acceptors (Lipinski definition) is 4. The van der Waals surface area contributed by atoms with Crippen LogP contribution in [0.2, 0.25) is 10.0 Å². The van der Waals surface area contributed by atoms with Crippen molar-refractivity contribution in [1.82, 2.24) is 10.2 Å². The number of nitrogens with zero attached hydrogens (tertiary/aromatic N) is 1. The molecule has 1 heterocycles. The van der Waals surface area contributed by atoms with Gasteiger partial charge in [-0.3, -0.25) is 9.59 Å². The third kappa shape index (κ3) is 6.00. The van der Waals surface area contributed by atoms with Crippen LogP contribution in [0.15, 0.2) is 48.2 Å². The van der Waals surface area contributed by atoms with Crippen LogP contribution in [-0.2, 0) is 9.53 Å². The van der Waals surface area contributed by atoms with Gasteiger partial charge in [0.05, 0.1) is 29.9 Å². The van der Waals surface area contributed by atoms with E-state index in [0.717, 1.165) is 5.56 Å². The molecule has 3 rings (SSSR count). The highest BCUT2D eigenvalue weighted by Gasteiger charge is 2.29. The van der Waals surface area contributed by atoms with Crippen LogP contribution in [0.1, 0.15) is 29.8 Å². The second-order valence-corrected chi connectivity index (χ2v) is 8.22. The van der Waals surface area contributed by atoms with E-state index in [4.69, 9.17) is 32.7 Å². The lowest BCUT2D eigenvalue weighted by Crippen LogP contribution is -2.50. The average Bonchev–Trinajstić information content (AvgIpc) is 2.72. The van der Waals surface area contributed by atoms with E-state index >= 15 is 0 Å². The normalized spacial score (nSPS) is 19.1. The molecule has 6 nitrogen and oxygen atoms in total. The first kappa shape index (κ1) is 23.1. The molecule has 2 aromatic carbocycles. The topological polar surface area (TPSA) is 67.9 Å². The van der Waals surface area contributed by atoms with Crippen molar-refractivity contribution in [3.05, 3.63) is 69.3 Å². The molecule has 1 saturated heterocycles. The van der Waals surface area contributed by atoms with Gasteiger partial charge in [-0.2, -0.15) is 0 Å². The summed E-state index contributed by atoms with van der Waals surface area (Å²) in [5.41, 5.74) is 1.10. The summed E-state index contributed by atoms with van der Waals surface area (Å²) in [4.78, 5) is 27.9. The number of nitrogens with one attached hydrogen (secondary N) is 1. The first-order valence-corrected chi connectivity index (χ1v) is 10.6. The van der Waals surface area contributed by atoms with Crippen LogP contribution in [-0.4, -0.2) is 49.1 Å². The van der Waals surface area contributed by atoms with Gasteiger partial charge < -0.3 is 19.7 Å². The molecule has 2 aromatic rings. The monoisotopic (exact) mass is 462 g/mol. The maximum atomic E-state index is 13.3. The van der Waals surface area contributed by atoms with Crippen molar-refractivity contribution in [1.29, 1.82) is 0 Å². The molecule has 0 unspecified atom stereocenters. The van der Waals surface area contributed by atoms with Crippen molar-refractivity contribution in [3.8, 4) is 5.75 Å². The number of carbonyl (C=O) groups excluding carboxylic acids is 2. The van der Waals surface area contributed by atoms with Gasteiger partial charge in [0, 0.05) is 18.1 Å². The number of ether oxygens (including phenoxy) is 2. The van der Waals surface area contributed by atoms with Gasteiger partial charge in [0.25, 0.3) is 11.8 Å². The van der Waals surface area contributed by atoms with Gasteiger partial charge >= 0.3 is 0 Å². The van der Waals surface area contributed by atoms with E-state index in [2.05, 4.69) is 5.32 Å². The fourth-order valence-electron chi connectivity index (χ4n) is 3.40. The van der Waals surface area contributed by atoms with Crippen LogP contribution in [0.3, 0.4) is 0 Å². The summed E-state index contributed by atoms with van der Waals surface area (Å²) in [7, 11) is 1.58. The second kappa shape index (κ2) is 10.2. The van der Waals surface area contributed by atoms with Crippen LogP contribution in [0.4, 0.5) is 0 Å². The maximum Gasteiger partial charge on any atom is 0.270 e. The summed E-state index contributed by atoms with van der Waals surface area (Å²) < 4.78 is 10.9. The predicted octanol–water partition coefficient (Wildman–Crippen LogP) is 4.41. The van der Waals surface area contributed by atoms with Crippen molar-refractivity contribution in [3.63, 3.8) is 0 Å². The zero-order chi connectivity index (χ0) is 22.5. The van der Waals surface area contributed by atoms with Gasteiger partial charge in [0.1, 0.15) is 11.4 Å². The van der Waals surface area contributed by atoms with E-state index in [-0.39, 0.29) is 34.4 Å². The Morgan fingerprint density at radius 2 is 1.74 bits per heavy atom. The summed E-state index contributed by atoms with van der Waals surface area (Å²) in [5.74, 6) is -0.0989. The third-order valence-electron chi connectivity index (χ3n) is 4.79. The van der Waals surface area contributed by atoms with Crippen molar-refractivity contribution in [2.24, 2.45) is 0 Å². The molecule has 0 bridgehead atoms. The molecule has 2 amide bonds. The molecule has 0 saturated carbocycles. The second-order valence-electron chi connectivity index (χ2n) is 7.38. The molecular weight excluding hydrogens is 439 g/mol. The van der Waals surface area contributed by atoms with E-state index < -0.39 is 5.91 Å². The van der Waals surface area contributed by atoms with Crippen LogP contribution in [0, 0.1) is 0 Å². The highest BCUT2D eigenvalue weighted by Crippen LogP contribution is 2.22. The molecule has 0 radical (unpaired) electrons. The molecule has 0 aromatic heterocycles. The fourth-order valence-corrected chi connectivity index (χ4v) is 3.89. The van der Waals surface area contributed by atoms with Crippen LogP contribution in [0.5, 0.6) is 5.75 Å². The molecule has 164 valence electrons. The van der Waals surface area contributed by atoms with Crippen molar-refractivity contribution in [2.45, 2.75) is 26.1 Å². The number of amides is 2. The minimum atomic E-state index is -0.496. The quantitative estimate of drug-likeness (QED) is 0.668. The third-order valence-corrected chi connectivity index (χ3v) is 5.34. The summed E-state index contributed by atoms with van der Waals surface area (Å²) in [6.07, 6.45) is 1.43. The number of benzene rings is 2. The number of hydrogen-bond donors (Lipinski definition) is 1. The minimum Gasteiger partial charge on any atom is -0.497 e. The highest BCUT2D eigenvalue weighted by molar-refractivity contribution is 6.36. The number of morpholine rings is 1. The van der Waals surface area contributed by atoms with E-state index in [9.17, 15) is 9.59 Å². The summed E-state index contributed by atoms with van der Waals surface area (Å²) >= 11 is 12.1. The molecule has 8 heteroatoms. The molecular formula is C23H24Cl2N2O4. The van der Waals surface area contributed by atoms with Crippen LogP contribution in [0.25, 0.3) is 6.08 Å². The first-order chi connectivity index (χ1) is 14.8. The highest BCUT2D eigenvalue weighted by atomic mass is 35.5. The standard InChI is InChI=1S/C23H24Cl2N2O4/c1-14-12-27(13-15(2)31-14)23(29)21(10-16-4-7-18(30-3)8-5-16)26-22(28)19-9-6-17(24)11-20(19)25/h4-11,14-15H,12-13H2,1-3H3,(H,26,28)/b21-10+/t14-,15+. The fraction of sp³-hybridized carbons (Fsp3) is 0.304. The lowest BCUT2D eigenvalue weighted by molar-refractivity contribution is -0.139. The van der Waals surface area contributed by atoms with Crippen molar-refractivity contribution in [2.75, 3.05) is 20.2 Å². The lowest BCUT2D eigenvalue weighted by Gasteiger charge is -2.35. The van der Waals surface area contributed by atoms with Gasteiger partial charge in [0.15, 0.2) is 0 Å². The summed E-state index contributed by atoms with van der Waals surface area (Å²) in [6.45, 7) is 4.69. The Hall–Kier alpha value is -2.54. The zero-order valence-corrected chi connectivity index (χ0v) is 19.0. The Kier molecular flexibility index (Phi) is 7.59. The van der Waals surface area contributed by atoms with E-state index in [1.807, 2.05) is 13.8 Å². The van der Waals surface area contributed by atoms with E-state index in [1.54, 1.807) is 48.4 Å². The molecule has 1 aliphatic heterocycles. The number of rotatable bonds is 5. The van der Waals surface area contributed by atoms with Gasteiger partial charge in [-0.15, -0.1) is 0 Å². The lowest BCUT2D eigenvalue weighted by atomic mass is 10.1. The van der Waals surface area contributed by atoms with E-state index in [1.165, 1.54) is 12.1 Å². The van der Waals surface area contributed by atoms with Crippen LogP contribution >= 0.6 is 23.2 Å². The molecule has 1 aliphatic rings. The molecule has 31 heavy (non-hydrogen) atoms. The number of halogens is 2. The minimum absolute atomic E-state index is 0.101. The van der Waals surface area contributed by atoms with Crippen LogP contribution < -0.4 is 10.1 Å². The summed E-state index contributed by atoms with van der Waals surface area (Å²) in [6, 6.07) is 11.8. The molecule has 0 aliphatic carbocycles. The molecule has 2 atom stereocenters. The smallest absolute Gasteiger partial charge is 0.270 e. The van der Waals surface area contributed by atoms with Crippen molar-refractivity contribution < 1.29 is 19.1 Å². The SMILES string of the molecule is COc1ccc(/C=C(/NC(=O)c2ccc(Cl)cc2Cl)C(=O)N2C[C@@H](C)O[C@@H](C)C2)cc1. The number of carbonyl (C=O) groups is 2. The Bertz CT molecular complexity index is 982. The summed E-state index contributed by atoms with van der Waals surface area (Å²) in [5, 5.41) is 3.35. The molecule has 0 spiro atoms.